The van der Waals surface area contributed by atoms with Gasteiger partial charge in [0.15, 0.2) is 0 Å². The number of nitrogens with zero attached hydrogens (tertiary/aromatic N) is 1. The minimum absolute atomic E-state index is 0.0451. The van der Waals surface area contributed by atoms with Gasteiger partial charge in [-0.05, 0) is 37.0 Å². The molecule has 0 aliphatic heterocycles. The van der Waals surface area contributed by atoms with Crippen molar-refractivity contribution >= 4 is 17.9 Å². The number of ether oxygens (including phenoxy) is 1. The smallest absolute Gasteiger partial charge is 0.426 e. The minimum atomic E-state index is -0.849. The monoisotopic (exact) mass is 478 g/mol. The third-order valence-electron chi connectivity index (χ3n) is 5.10. The van der Waals surface area contributed by atoms with Crippen molar-refractivity contribution in [2.75, 3.05) is 0 Å². The predicted molar refractivity (Wildman–Crippen MR) is 130 cm³/mol. The van der Waals surface area contributed by atoms with Crippen molar-refractivity contribution in [2.45, 2.75) is 46.3 Å². The number of aromatic nitrogens is 1. The molecule has 1 aromatic heterocycles. The first kappa shape index (κ1) is 25.5. The third-order valence-corrected chi connectivity index (χ3v) is 5.10. The van der Waals surface area contributed by atoms with Crippen LogP contribution in [0.5, 0.6) is 0 Å². The summed E-state index contributed by atoms with van der Waals surface area (Å²) in [7, 11) is 0. The molecule has 9 heteroatoms. The van der Waals surface area contributed by atoms with Gasteiger partial charge in [-0.1, -0.05) is 62.4 Å². The summed E-state index contributed by atoms with van der Waals surface area (Å²) in [5.74, 6) is 0.154. The first-order valence-electron chi connectivity index (χ1n) is 11.4. The van der Waals surface area contributed by atoms with E-state index in [4.69, 9.17) is 9.15 Å². The molecule has 1 heterocycles. The first-order valence-corrected chi connectivity index (χ1v) is 11.4. The highest BCUT2D eigenvalue weighted by Crippen LogP contribution is 2.21. The van der Waals surface area contributed by atoms with Crippen molar-refractivity contribution < 1.29 is 23.5 Å². The van der Waals surface area contributed by atoms with Crippen LogP contribution in [0, 0.1) is 12.8 Å². The zero-order chi connectivity index (χ0) is 25.2. The van der Waals surface area contributed by atoms with E-state index in [0.29, 0.717) is 23.8 Å². The highest BCUT2D eigenvalue weighted by Gasteiger charge is 2.24. The van der Waals surface area contributed by atoms with Crippen molar-refractivity contribution in [3.63, 3.8) is 0 Å². The van der Waals surface area contributed by atoms with Crippen LogP contribution in [0.15, 0.2) is 65.1 Å². The molecule has 3 amide bonds. The van der Waals surface area contributed by atoms with E-state index in [2.05, 4.69) is 21.2 Å². The summed E-state index contributed by atoms with van der Waals surface area (Å²) >= 11 is 0. The summed E-state index contributed by atoms with van der Waals surface area (Å²) < 4.78 is 10.8. The summed E-state index contributed by atoms with van der Waals surface area (Å²) in [6, 6.07) is 17.7. The number of oxazole rings is 1. The molecule has 0 spiro atoms. The summed E-state index contributed by atoms with van der Waals surface area (Å²) in [6.45, 7) is 5.67. The first-order chi connectivity index (χ1) is 16.8. The number of aryl methyl sites for hydroxylation is 1. The second-order valence-corrected chi connectivity index (χ2v) is 8.49. The maximum atomic E-state index is 12.7. The number of carbonyl (C=O) groups excluding carboxylic acids is 3. The maximum Gasteiger partial charge on any atom is 0.426 e. The fraction of sp³-hybridized carbons (Fsp3) is 0.308. The van der Waals surface area contributed by atoms with Gasteiger partial charge in [0.25, 0.3) is 5.91 Å². The van der Waals surface area contributed by atoms with Crippen LogP contribution in [-0.4, -0.2) is 28.9 Å². The van der Waals surface area contributed by atoms with Crippen molar-refractivity contribution in [3.05, 3.63) is 77.7 Å². The summed E-state index contributed by atoms with van der Waals surface area (Å²) in [4.78, 5) is 41.8. The Hall–Kier alpha value is -4.14. The molecule has 184 valence electrons. The number of hydrazine groups is 1. The van der Waals surface area contributed by atoms with Crippen molar-refractivity contribution in [1.29, 1.82) is 0 Å². The number of rotatable bonds is 9. The number of hydrogen-bond acceptors (Lipinski definition) is 6. The van der Waals surface area contributed by atoms with E-state index in [1.165, 1.54) is 0 Å². The molecular formula is C26H30N4O5. The van der Waals surface area contributed by atoms with Crippen LogP contribution in [0.3, 0.4) is 0 Å². The zero-order valence-electron chi connectivity index (χ0n) is 20.0. The van der Waals surface area contributed by atoms with Crippen molar-refractivity contribution in [3.8, 4) is 11.5 Å². The Kier molecular flexibility index (Phi) is 9.00. The Morgan fingerprint density at radius 3 is 2.29 bits per heavy atom. The van der Waals surface area contributed by atoms with E-state index in [1.54, 1.807) is 6.92 Å². The predicted octanol–water partition coefficient (Wildman–Crippen LogP) is 3.68. The zero-order valence-corrected chi connectivity index (χ0v) is 20.0. The van der Waals surface area contributed by atoms with Gasteiger partial charge in [-0.2, -0.15) is 0 Å². The van der Waals surface area contributed by atoms with Gasteiger partial charge in [0.1, 0.15) is 18.4 Å². The van der Waals surface area contributed by atoms with Crippen molar-refractivity contribution in [1.82, 2.24) is 21.2 Å². The van der Waals surface area contributed by atoms with E-state index >= 15 is 0 Å². The second-order valence-electron chi connectivity index (χ2n) is 8.49. The summed E-state index contributed by atoms with van der Waals surface area (Å²) in [6.07, 6.45) is -0.467. The van der Waals surface area contributed by atoms with Gasteiger partial charge in [0.05, 0.1) is 12.1 Å². The molecule has 0 bridgehead atoms. The lowest BCUT2D eigenvalue weighted by atomic mass is 10.0. The van der Waals surface area contributed by atoms with Crippen LogP contribution in [0.1, 0.15) is 37.3 Å². The van der Waals surface area contributed by atoms with Crippen LogP contribution in [0.25, 0.3) is 11.5 Å². The van der Waals surface area contributed by atoms with Gasteiger partial charge in [-0.15, -0.1) is 0 Å². The molecule has 0 aliphatic rings. The van der Waals surface area contributed by atoms with E-state index in [-0.39, 0.29) is 24.9 Å². The number of hydrogen-bond donors (Lipinski definition) is 3. The number of nitrogens with one attached hydrogen (secondary N) is 3. The maximum absolute atomic E-state index is 12.7. The largest absolute Gasteiger partial charge is 0.443 e. The normalized spacial score (nSPS) is 11.5. The molecule has 35 heavy (non-hydrogen) atoms. The van der Waals surface area contributed by atoms with Gasteiger partial charge in [0.2, 0.25) is 11.8 Å². The molecule has 0 aliphatic carbocycles. The van der Waals surface area contributed by atoms with E-state index in [9.17, 15) is 14.4 Å². The fourth-order valence-corrected chi connectivity index (χ4v) is 3.36. The average Bonchev–Trinajstić information content (AvgIpc) is 3.21. The van der Waals surface area contributed by atoms with Crippen LogP contribution in [-0.2, 0) is 27.4 Å². The lowest BCUT2D eigenvalue weighted by Crippen LogP contribution is -2.53. The van der Waals surface area contributed by atoms with Gasteiger partial charge in [-0.3, -0.25) is 15.0 Å². The lowest BCUT2D eigenvalue weighted by Gasteiger charge is -2.20. The Labute approximate surface area is 204 Å². The standard InChI is InChI=1S/C26H30N4O5/c1-17(2)14-22(24(32)29-30-26(33)34-16-19-10-6-4-7-11-19)27-23(31)15-21-18(3)35-25(28-21)20-12-8-5-9-13-20/h4-13,17,22H,14-16H2,1-3H3,(H,27,31)(H,29,32)(H,30,33). The minimum Gasteiger partial charge on any atom is -0.443 e. The SMILES string of the molecule is Cc1oc(-c2ccccc2)nc1CC(=O)NC(CC(C)C)C(=O)NNC(=O)OCc1ccccc1. The van der Waals surface area contributed by atoms with E-state index in [0.717, 1.165) is 11.1 Å². The fourth-order valence-electron chi connectivity index (χ4n) is 3.36. The van der Waals surface area contributed by atoms with Crippen LogP contribution in [0.2, 0.25) is 0 Å². The Balaban J connectivity index is 1.54. The van der Waals surface area contributed by atoms with Crippen LogP contribution >= 0.6 is 0 Å². The molecule has 1 unspecified atom stereocenters. The van der Waals surface area contributed by atoms with E-state index < -0.39 is 18.0 Å². The topological polar surface area (TPSA) is 123 Å². The van der Waals surface area contributed by atoms with Crippen LogP contribution < -0.4 is 16.2 Å². The van der Waals surface area contributed by atoms with Gasteiger partial charge in [0, 0.05) is 5.56 Å². The molecule has 3 rings (SSSR count). The molecule has 3 aromatic rings. The number of carbonyl (C=O) groups is 3. The molecule has 0 saturated carbocycles. The quantitative estimate of drug-likeness (QED) is 0.403. The van der Waals surface area contributed by atoms with Crippen molar-refractivity contribution in [2.24, 2.45) is 5.92 Å². The lowest BCUT2D eigenvalue weighted by molar-refractivity contribution is -0.129. The summed E-state index contributed by atoms with van der Waals surface area (Å²) in [5.41, 5.74) is 6.66. The highest BCUT2D eigenvalue weighted by molar-refractivity contribution is 5.89. The Morgan fingerprint density at radius 2 is 1.63 bits per heavy atom. The average molecular weight is 479 g/mol. The second kappa shape index (κ2) is 12.4. The molecule has 0 fully saturated rings. The van der Waals surface area contributed by atoms with Gasteiger partial charge >= 0.3 is 6.09 Å². The molecular weight excluding hydrogens is 448 g/mol. The molecule has 1 atom stereocenters. The van der Waals surface area contributed by atoms with E-state index in [1.807, 2.05) is 74.5 Å². The number of benzene rings is 2. The van der Waals surface area contributed by atoms with Crippen LogP contribution in [0.4, 0.5) is 4.79 Å². The Bertz CT molecular complexity index is 1130. The molecule has 2 aromatic carbocycles. The molecule has 0 saturated heterocycles. The van der Waals surface area contributed by atoms with Gasteiger partial charge < -0.3 is 14.5 Å². The molecule has 9 nitrogen and oxygen atoms in total. The third kappa shape index (κ3) is 7.99. The highest BCUT2D eigenvalue weighted by atomic mass is 16.6. The summed E-state index contributed by atoms with van der Waals surface area (Å²) in [5, 5.41) is 2.73. The Morgan fingerprint density at radius 1 is 0.971 bits per heavy atom. The number of amides is 3. The molecule has 3 N–H and O–H groups in total. The van der Waals surface area contributed by atoms with Gasteiger partial charge in [-0.25, -0.2) is 15.2 Å². The molecule has 0 radical (unpaired) electrons.